The summed E-state index contributed by atoms with van der Waals surface area (Å²) < 4.78 is 48.0. The fourth-order valence-corrected chi connectivity index (χ4v) is 24.3. The standard InChI is InChI=1S/C26H35F2N6O3.3C4H9.Sn/c1-24(2,3)37-23(35)32-25(4)7-5-9-33(15-25)21-18-12-29-13-19(28)20(18)30-22(31-21)36-16-26-8-6-10-34(26)14-17(27)11-26;3*1-3-4-2;/h12,17H,5-11,14-16H2,1-4H3,(H,32,35);3*1,3-4H2,2H3;/t17-,25-,26+;;;;/m1..../s1. The van der Waals surface area contributed by atoms with Gasteiger partial charge >= 0.3 is 283 Å². The molecule has 0 aromatic carbocycles. The van der Waals surface area contributed by atoms with Crippen molar-refractivity contribution in [1.82, 2.24) is 25.2 Å². The number of alkyl carbamates (subject to hydrolysis) is 1. The Hall–Kier alpha value is -2.02. The van der Waals surface area contributed by atoms with Crippen molar-refractivity contribution in [2.45, 2.75) is 155 Å². The SMILES string of the molecule is CCC[CH2][Sn]([CH2]CCC)([CH2]CCC)[c]1ncc2c(N3CCC[C@@](C)(NC(=O)OC(C)(C)C)C3)nc(OC[C@@]34CCCN3C[C@H](F)C4)nc2c1F. The third-order valence-electron chi connectivity index (χ3n) is 11.2. The molecule has 2 aromatic rings. The van der Waals surface area contributed by atoms with Gasteiger partial charge in [0.25, 0.3) is 0 Å². The van der Waals surface area contributed by atoms with Crippen molar-refractivity contribution < 1.29 is 23.0 Å². The van der Waals surface area contributed by atoms with Gasteiger partial charge in [-0.2, -0.15) is 0 Å². The van der Waals surface area contributed by atoms with E-state index in [1.54, 1.807) is 0 Å². The van der Waals surface area contributed by atoms with Crippen molar-refractivity contribution in [2.75, 3.05) is 37.7 Å². The number of nitrogens with zero attached hydrogens (tertiary/aromatic N) is 5. The first kappa shape index (κ1) is 39.2. The summed E-state index contributed by atoms with van der Waals surface area (Å²) in [6, 6.07) is 0.121. The van der Waals surface area contributed by atoms with E-state index in [-0.39, 0.29) is 29.5 Å². The van der Waals surface area contributed by atoms with Gasteiger partial charge in [0, 0.05) is 0 Å². The quantitative estimate of drug-likeness (QED) is 0.181. The number of carbonyl (C=O) groups is 1. The van der Waals surface area contributed by atoms with Gasteiger partial charge in [-0.25, -0.2) is 0 Å². The number of nitrogens with one attached hydrogen (secondary N) is 1. The van der Waals surface area contributed by atoms with Crippen LogP contribution < -0.4 is 18.7 Å². The Kier molecular flexibility index (Phi) is 12.8. The van der Waals surface area contributed by atoms with Gasteiger partial charge in [-0.05, 0) is 20.8 Å². The van der Waals surface area contributed by atoms with E-state index >= 15 is 4.39 Å². The molecule has 3 atom stereocenters. The molecule has 280 valence electrons. The van der Waals surface area contributed by atoms with Crippen LogP contribution >= 0.6 is 0 Å². The summed E-state index contributed by atoms with van der Waals surface area (Å²) in [6.45, 7) is 16.9. The van der Waals surface area contributed by atoms with E-state index in [0.29, 0.717) is 41.0 Å². The van der Waals surface area contributed by atoms with Crippen LogP contribution in [0.4, 0.5) is 19.4 Å². The van der Waals surface area contributed by atoms with Gasteiger partial charge in [-0.15, -0.1) is 0 Å². The maximum atomic E-state index is 17.4. The zero-order valence-corrected chi connectivity index (χ0v) is 34.7. The third kappa shape index (κ3) is 8.94. The molecule has 5 rings (SSSR count). The van der Waals surface area contributed by atoms with E-state index in [0.717, 1.165) is 84.1 Å². The summed E-state index contributed by atoms with van der Waals surface area (Å²) >= 11 is -3.30. The van der Waals surface area contributed by atoms with E-state index in [2.05, 4.69) is 35.9 Å². The van der Waals surface area contributed by atoms with Crippen LogP contribution in [0.2, 0.25) is 13.3 Å². The van der Waals surface area contributed by atoms with Crippen LogP contribution in [0.1, 0.15) is 119 Å². The maximum absolute atomic E-state index is 17.4. The second kappa shape index (κ2) is 16.3. The number of alkyl halides is 1. The molecule has 1 N–H and O–H groups in total. The average Bonchev–Trinajstić information content (AvgIpc) is 3.58. The number of carbonyl (C=O) groups excluding carboxylic acids is 1. The van der Waals surface area contributed by atoms with Gasteiger partial charge in [-0.3, -0.25) is 0 Å². The Morgan fingerprint density at radius 2 is 1.70 bits per heavy atom. The van der Waals surface area contributed by atoms with Crippen molar-refractivity contribution in [3.63, 3.8) is 0 Å². The fourth-order valence-electron chi connectivity index (χ4n) is 8.69. The molecule has 50 heavy (non-hydrogen) atoms. The van der Waals surface area contributed by atoms with Crippen LogP contribution in [0, 0.1) is 5.82 Å². The number of piperidine rings is 1. The van der Waals surface area contributed by atoms with E-state index < -0.39 is 41.8 Å². The Morgan fingerprint density at radius 3 is 2.34 bits per heavy atom. The number of ether oxygens (including phenoxy) is 2. The van der Waals surface area contributed by atoms with Gasteiger partial charge in [0.1, 0.15) is 0 Å². The molecule has 0 radical (unpaired) electrons. The zero-order chi connectivity index (χ0) is 36.2. The topological polar surface area (TPSA) is 92.7 Å². The molecule has 3 aliphatic rings. The second-order valence-electron chi connectivity index (χ2n) is 16.7. The van der Waals surface area contributed by atoms with Crippen LogP contribution in [0.3, 0.4) is 0 Å². The van der Waals surface area contributed by atoms with Crippen LogP contribution in [0.15, 0.2) is 6.20 Å². The number of hydrogen-bond donors (Lipinski definition) is 1. The van der Waals surface area contributed by atoms with Crippen molar-refractivity contribution >= 4 is 44.9 Å². The number of hydrogen-bond acceptors (Lipinski definition) is 8. The molecular weight excluding hydrogens is 745 g/mol. The summed E-state index contributed by atoms with van der Waals surface area (Å²) in [5.74, 6) is 0.263. The molecular formula is C38H62F2N6O3Sn. The Labute approximate surface area is 302 Å². The van der Waals surface area contributed by atoms with Gasteiger partial charge in [0.2, 0.25) is 0 Å². The molecule has 0 aliphatic carbocycles. The molecule has 9 nitrogen and oxygen atoms in total. The summed E-state index contributed by atoms with van der Waals surface area (Å²) in [6.07, 6.45) is 10.9. The number of pyridine rings is 1. The number of halogens is 2. The molecule has 3 fully saturated rings. The minimum atomic E-state index is -3.30. The van der Waals surface area contributed by atoms with Crippen molar-refractivity contribution in [2.24, 2.45) is 0 Å². The van der Waals surface area contributed by atoms with E-state index in [4.69, 9.17) is 24.4 Å². The Balaban J connectivity index is 1.57. The van der Waals surface area contributed by atoms with Crippen molar-refractivity contribution in [3.05, 3.63) is 12.0 Å². The van der Waals surface area contributed by atoms with Gasteiger partial charge in [0.15, 0.2) is 0 Å². The van der Waals surface area contributed by atoms with E-state index in [1.807, 2.05) is 33.9 Å². The van der Waals surface area contributed by atoms with Crippen LogP contribution in [-0.2, 0) is 4.74 Å². The van der Waals surface area contributed by atoms with Crippen LogP contribution in [0.5, 0.6) is 6.01 Å². The van der Waals surface area contributed by atoms with Gasteiger partial charge < -0.3 is 0 Å². The number of unbranched alkanes of at least 4 members (excludes halogenated alkanes) is 3. The Morgan fingerprint density at radius 1 is 1.04 bits per heavy atom. The fraction of sp³-hybridized carbons (Fsp3) is 0.789. The molecule has 0 spiro atoms. The first-order valence-corrected chi connectivity index (χ1v) is 26.9. The molecule has 0 unspecified atom stereocenters. The van der Waals surface area contributed by atoms with Gasteiger partial charge in [-0.1, -0.05) is 0 Å². The van der Waals surface area contributed by atoms with Crippen LogP contribution in [0.25, 0.3) is 10.9 Å². The zero-order valence-electron chi connectivity index (χ0n) is 31.8. The predicted octanol–water partition coefficient (Wildman–Crippen LogP) is 8.06. The minimum absolute atomic E-state index is 0.121. The van der Waals surface area contributed by atoms with Crippen molar-refractivity contribution in [3.8, 4) is 6.01 Å². The molecule has 5 heterocycles. The molecule has 3 saturated heterocycles. The predicted molar refractivity (Wildman–Crippen MR) is 200 cm³/mol. The Bertz CT molecular complexity index is 1450. The summed E-state index contributed by atoms with van der Waals surface area (Å²) in [5, 5.41) is 3.67. The molecule has 0 bridgehead atoms. The second-order valence-corrected chi connectivity index (χ2v) is 29.6. The summed E-state index contributed by atoms with van der Waals surface area (Å²) in [7, 11) is 0. The number of aromatic nitrogens is 3. The first-order valence-electron chi connectivity index (χ1n) is 19.4. The molecule has 1 amide bonds. The number of rotatable bonds is 15. The molecule has 3 aliphatic heterocycles. The number of amides is 1. The monoisotopic (exact) mass is 808 g/mol. The third-order valence-corrected chi connectivity index (χ3v) is 26.3. The summed E-state index contributed by atoms with van der Waals surface area (Å²) in [4.78, 5) is 32.0. The molecule has 12 heteroatoms. The molecule has 0 saturated carbocycles. The molecule has 2 aromatic heterocycles. The normalized spacial score (nSPS) is 24.5. The number of fused-ring (bicyclic) bond motifs is 2. The van der Waals surface area contributed by atoms with E-state index in [1.165, 1.54) is 0 Å². The summed E-state index contributed by atoms with van der Waals surface area (Å²) in [5.41, 5.74) is -1.33. The number of anilines is 1. The first-order chi connectivity index (χ1) is 23.8. The van der Waals surface area contributed by atoms with Crippen molar-refractivity contribution in [1.29, 1.82) is 0 Å². The average molecular weight is 808 g/mol. The van der Waals surface area contributed by atoms with Crippen LogP contribution in [-0.4, -0.2) is 100.0 Å². The van der Waals surface area contributed by atoms with Gasteiger partial charge in [0.05, 0.1) is 0 Å². The van der Waals surface area contributed by atoms with E-state index in [9.17, 15) is 9.18 Å².